The van der Waals surface area contributed by atoms with Crippen molar-refractivity contribution in [2.45, 2.75) is 46.1 Å². The van der Waals surface area contributed by atoms with E-state index in [2.05, 4.69) is 5.32 Å². The Morgan fingerprint density at radius 3 is 2.30 bits per heavy atom. The Balaban J connectivity index is 2.86. The zero-order valence-corrected chi connectivity index (χ0v) is 12.0. The van der Waals surface area contributed by atoms with Gasteiger partial charge in [-0.15, -0.1) is 0 Å². The molecule has 0 heterocycles. The Morgan fingerprint density at radius 2 is 1.85 bits per heavy atom. The highest BCUT2D eigenvalue weighted by Crippen LogP contribution is 2.15. The minimum atomic E-state index is -1.05. The Morgan fingerprint density at radius 1 is 1.30 bits per heavy atom. The van der Waals surface area contributed by atoms with Gasteiger partial charge in [-0.1, -0.05) is 19.8 Å². The van der Waals surface area contributed by atoms with Crippen molar-refractivity contribution in [3.05, 3.63) is 34.6 Å². The van der Waals surface area contributed by atoms with E-state index >= 15 is 0 Å². The first-order chi connectivity index (χ1) is 9.36. The molecule has 20 heavy (non-hydrogen) atoms. The third kappa shape index (κ3) is 4.05. The molecule has 0 saturated carbocycles. The largest absolute Gasteiger partial charge is 0.480 e. The first-order valence-corrected chi connectivity index (χ1v) is 6.67. The molecule has 0 aromatic heterocycles. The van der Waals surface area contributed by atoms with Crippen molar-refractivity contribution in [2.24, 2.45) is 0 Å². The molecule has 1 amide bonds. The zero-order valence-electron chi connectivity index (χ0n) is 12.0. The first-order valence-electron chi connectivity index (χ1n) is 6.67. The van der Waals surface area contributed by atoms with E-state index in [9.17, 15) is 14.0 Å². The van der Waals surface area contributed by atoms with Crippen LogP contribution < -0.4 is 5.32 Å². The van der Waals surface area contributed by atoms with Gasteiger partial charge >= 0.3 is 5.97 Å². The lowest BCUT2D eigenvalue weighted by Crippen LogP contribution is -2.40. The van der Waals surface area contributed by atoms with Gasteiger partial charge in [0.2, 0.25) is 0 Å². The molecule has 0 aliphatic heterocycles. The summed E-state index contributed by atoms with van der Waals surface area (Å²) in [5.74, 6) is -1.88. The highest BCUT2D eigenvalue weighted by Gasteiger charge is 2.20. The molecule has 1 unspecified atom stereocenters. The number of aryl methyl sites for hydroxylation is 2. The lowest BCUT2D eigenvalue weighted by Gasteiger charge is -2.15. The third-order valence-corrected chi connectivity index (χ3v) is 3.15. The van der Waals surface area contributed by atoms with Crippen molar-refractivity contribution in [1.82, 2.24) is 5.32 Å². The Labute approximate surface area is 118 Å². The van der Waals surface area contributed by atoms with E-state index in [1.54, 1.807) is 13.8 Å². The van der Waals surface area contributed by atoms with Crippen LogP contribution in [-0.2, 0) is 4.79 Å². The smallest absolute Gasteiger partial charge is 0.326 e. The van der Waals surface area contributed by atoms with Crippen molar-refractivity contribution in [3.8, 4) is 0 Å². The standard InChI is InChI=1S/C15H20FNO3/c1-4-5-6-12(15(19)20)17-14(18)11-7-9(2)13(16)10(3)8-11/h7-8,12H,4-6H2,1-3H3,(H,17,18)(H,19,20). The number of hydrogen-bond acceptors (Lipinski definition) is 2. The second kappa shape index (κ2) is 7.03. The molecule has 110 valence electrons. The number of nitrogens with one attached hydrogen (secondary N) is 1. The summed E-state index contributed by atoms with van der Waals surface area (Å²) in [4.78, 5) is 23.1. The quantitative estimate of drug-likeness (QED) is 0.842. The summed E-state index contributed by atoms with van der Waals surface area (Å²) in [6, 6.07) is 1.94. The number of halogens is 1. The molecule has 0 saturated heterocycles. The molecule has 1 aromatic carbocycles. The van der Waals surface area contributed by atoms with E-state index in [1.807, 2.05) is 6.92 Å². The fraction of sp³-hybridized carbons (Fsp3) is 0.467. The average Bonchev–Trinajstić information content (AvgIpc) is 2.39. The second-order valence-electron chi connectivity index (χ2n) is 4.93. The second-order valence-corrected chi connectivity index (χ2v) is 4.93. The number of aliphatic carboxylic acids is 1. The van der Waals surface area contributed by atoms with Gasteiger partial charge in [-0.3, -0.25) is 4.79 Å². The molecular formula is C15H20FNO3. The molecule has 2 N–H and O–H groups in total. The summed E-state index contributed by atoms with van der Waals surface area (Å²) < 4.78 is 13.5. The van der Waals surface area contributed by atoms with Crippen LogP contribution in [0.25, 0.3) is 0 Å². The van der Waals surface area contributed by atoms with Crippen LogP contribution in [0.15, 0.2) is 12.1 Å². The lowest BCUT2D eigenvalue weighted by molar-refractivity contribution is -0.139. The average molecular weight is 281 g/mol. The molecule has 1 aromatic rings. The molecule has 0 fully saturated rings. The van der Waals surface area contributed by atoms with Crippen molar-refractivity contribution in [1.29, 1.82) is 0 Å². The number of carboxylic acids is 1. The maximum absolute atomic E-state index is 13.5. The van der Waals surface area contributed by atoms with Crippen LogP contribution in [0.3, 0.4) is 0 Å². The number of rotatable bonds is 6. The lowest BCUT2D eigenvalue weighted by atomic mass is 10.0. The van der Waals surface area contributed by atoms with Gasteiger partial charge in [-0.05, 0) is 43.5 Å². The number of hydrogen-bond donors (Lipinski definition) is 2. The van der Waals surface area contributed by atoms with Gasteiger partial charge in [0.1, 0.15) is 11.9 Å². The normalized spacial score (nSPS) is 12.0. The molecule has 0 spiro atoms. The predicted octanol–water partition coefficient (Wildman–Crippen LogP) is 2.82. The van der Waals surface area contributed by atoms with Gasteiger partial charge in [0, 0.05) is 5.56 Å². The maximum atomic E-state index is 13.5. The van der Waals surface area contributed by atoms with E-state index in [-0.39, 0.29) is 11.4 Å². The Kier molecular flexibility index (Phi) is 5.67. The van der Waals surface area contributed by atoms with Gasteiger partial charge in [-0.25, -0.2) is 9.18 Å². The monoisotopic (exact) mass is 281 g/mol. The number of unbranched alkanes of at least 4 members (excludes halogenated alkanes) is 1. The molecule has 1 rings (SSSR count). The van der Waals surface area contributed by atoms with Crippen LogP contribution in [0.2, 0.25) is 0 Å². The van der Waals surface area contributed by atoms with Crippen LogP contribution >= 0.6 is 0 Å². The summed E-state index contributed by atoms with van der Waals surface area (Å²) in [5, 5.41) is 11.6. The highest BCUT2D eigenvalue weighted by atomic mass is 19.1. The number of carbonyl (C=O) groups excluding carboxylic acids is 1. The molecule has 0 bridgehead atoms. The SMILES string of the molecule is CCCCC(NC(=O)c1cc(C)c(F)c(C)c1)C(=O)O. The molecule has 0 radical (unpaired) electrons. The van der Waals surface area contributed by atoms with Crippen molar-refractivity contribution < 1.29 is 19.1 Å². The molecule has 5 heteroatoms. The number of benzene rings is 1. The molecular weight excluding hydrogens is 261 g/mol. The molecule has 4 nitrogen and oxygen atoms in total. The van der Waals surface area contributed by atoms with Gasteiger partial charge in [-0.2, -0.15) is 0 Å². The van der Waals surface area contributed by atoms with Crippen LogP contribution in [0.1, 0.15) is 47.7 Å². The summed E-state index contributed by atoms with van der Waals surface area (Å²) in [5.41, 5.74) is 1.02. The van der Waals surface area contributed by atoms with Crippen LogP contribution in [0, 0.1) is 19.7 Å². The van der Waals surface area contributed by atoms with Crippen LogP contribution in [-0.4, -0.2) is 23.0 Å². The zero-order chi connectivity index (χ0) is 15.3. The molecule has 0 aliphatic carbocycles. The Hall–Kier alpha value is -1.91. The van der Waals surface area contributed by atoms with Gasteiger partial charge in [0.25, 0.3) is 5.91 Å². The summed E-state index contributed by atoms with van der Waals surface area (Å²) in [6.45, 7) is 5.10. The van der Waals surface area contributed by atoms with E-state index in [1.165, 1.54) is 12.1 Å². The summed E-state index contributed by atoms with van der Waals surface area (Å²) in [6.07, 6.45) is 1.96. The van der Waals surface area contributed by atoms with Gasteiger partial charge in [0.15, 0.2) is 0 Å². The van der Waals surface area contributed by atoms with Crippen molar-refractivity contribution in [2.75, 3.05) is 0 Å². The van der Waals surface area contributed by atoms with E-state index in [4.69, 9.17) is 5.11 Å². The van der Waals surface area contributed by atoms with Crippen LogP contribution in [0.5, 0.6) is 0 Å². The van der Waals surface area contributed by atoms with Gasteiger partial charge < -0.3 is 10.4 Å². The fourth-order valence-electron chi connectivity index (χ4n) is 1.98. The van der Waals surface area contributed by atoms with Crippen molar-refractivity contribution >= 4 is 11.9 Å². The minimum absolute atomic E-state index is 0.282. The molecule has 0 aliphatic rings. The Bertz CT molecular complexity index is 491. The predicted molar refractivity (Wildman–Crippen MR) is 74.3 cm³/mol. The highest BCUT2D eigenvalue weighted by molar-refractivity contribution is 5.96. The third-order valence-electron chi connectivity index (χ3n) is 3.15. The first kappa shape index (κ1) is 16.1. The summed E-state index contributed by atoms with van der Waals surface area (Å²) in [7, 11) is 0. The number of amides is 1. The van der Waals surface area contributed by atoms with E-state index in [0.717, 1.165) is 12.8 Å². The van der Waals surface area contributed by atoms with E-state index in [0.29, 0.717) is 17.5 Å². The van der Waals surface area contributed by atoms with Crippen LogP contribution in [0.4, 0.5) is 4.39 Å². The number of carboxylic acid groups (broad SMARTS) is 1. The maximum Gasteiger partial charge on any atom is 0.326 e. The summed E-state index contributed by atoms with van der Waals surface area (Å²) >= 11 is 0. The molecule has 1 atom stereocenters. The van der Waals surface area contributed by atoms with Crippen molar-refractivity contribution in [3.63, 3.8) is 0 Å². The van der Waals surface area contributed by atoms with E-state index < -0.39 is 17.9 Å². The minimum Gasteiger partial charge on any atom is -0.480 e. The number of carbonyl (C=O) groups is 2. The topological polar surface area (TPSA) is 66.4 Å². The fourth-order valence-corrected chi connectivity index (χ4v) is 1.98. The van der Waals surface area contributed by atoms with Gasteiger partial charge in [0.05, 0.1) is 0 Å².